The number of likely N-dealkylation sites (tertiary alicyclic amines) is 2. The number of imidazole rings is 1. The average Bonchev–Trinajstić information content (AvgIpc) is 3.83. The molecule has 8 heterocycles. The average molecular weight is 934 g/mol. The van der Waals surface area contributed by atoms with Crippen LogP contribution in [0.1, 0.15) is 104 Å². The molecule has 10 rings (SSSR count). The summed E-state index contributed by atoms with van der Waals surface area (Å²) in [7, 11) is 3.86. The maximum absolute atomic E-state index is 13.8. The summed E-state index contributed by atoms with van der Waals surface area (Å²) in [5.74, 6) is 1.45. The lowest BCUT2D eigenvalue weighted by Gasteiger charge is -2.45. The van der Waals surface area contributed by atoms with Crippen molar-refractivity contribution in [2.75, 3.05) is 58.1 Å². The van der Waals surface area contributed by atoms with Crippen LogP contribution in [0.4, 0.5) is 5.82 Å². The van der Waals surface area contributed by atoms with E-state index in [-0.39, 0.29) is 30.0 Å². The fourth-order valence-corrected chi connectivity index (χ4v) is 11.9. The van der Waals surface area contributed by atoms with E-state index in [1.807, 2.05) is 30.6 Å². The van der Waals surface area contributed by atoms with E-state index in [0.717, 1.165) is 123 Å². The fourth-order valence-electron chi connectivity index (χ4n) is 11.9. The van der Waals surface area contributed by atoms with Gasteiger partial charge in [-0.3, -0.25) is 43.5 Å². The first-order valence-electron chi connectivity index (χ1n) is 25.1. The summed E-state index contributed by atoms with van der Waals surface area (Å²) in [5, 5.41) is 3.52. The number of benzene rings is 2. The smallest absolute Gasteiger partial charge is 0.329 e. The Morgan fingerprint density at radius 2 is 1.58 bits per heavy atom. The second-order valence-corrected chi connectivity index (χ2v) is 20.6. The molecule has 15 nitrogen and oxygen atoms in total. The summed E-state index contributed by atoms with van der Waals surface area (Å²) in [6.45, 7) is 15.3. The van der Waals surface area contributed by atoms with Crippen LogP contribution in [0.15, 0.2) is 83.9 Å². The molecule has 4 aromatic heterocycles. The number of aromatic nitrogens is 5. The number of anilines is 1. The number of piperazine rings is 1. The molecular weight excluding hydrogens is 867 g/mol. The number of nitrogens with two attached hydrogens (primary N) is 1. The highest BCUT2D eigenvalue weighted by atomic mass is 16.2. The van der Waals surface area contributed by atoms with Crippen molar-refractivity contribution >= 4 is 45.6 Å². The number of hydrogen-bond donors (Lipinski definition) is 2. The highest BCUT2D eigenvalue weighted by Crippen LogP contribution is 2.37. The summed E-state index contributed by atoms with van der Waals surface area (Å²) in [6.07, 6.45) is 8.42. The normalized spacial score (nSPS) is 21.2. The van der Waals surface area contributed by atoms with Crippen molar-refractivity contribution in [3.8, 4) is 11.1 Å². The molecule has 3 amide bonds. The summed E-state index contributed by atoms with van der Waals surface area (Å²) in [4.78, 5) is 70.6. The molecule has 4 aliphatic heterocycles. The van der Waals surface area contributed by atoms with Crippen molar-refractivity contribution in [3.63, 3.8) is 0 Å². The van der Waals surface area contributed by atoms with E-state index >= 15 is 0 Å². The summed E-state index contributed by atoms with van der Waals surface area (Å²) in [5.41, 5.74) is 14.7. The second kappa shape index (κ2) is 19.3. The zero-order chi connectivity index (χ0) is 48.1. The molecule has 2 aromatic carbocycles. The SMILES string of the molecule is CC(C)[C@H]1CN(Cc2ccc3c(c2)n(C)c(=O)n3C2CCC(=O)NC2=O)CCN1CC1CCN(C(=O)c2ccc(C3CCN([C@@H](C)c4cc5c(-c6ccc(N)nc6)ccnc5n4C)CC3)cc2)CC1. The number of carbonyl (C=O) groups is 3. The van der Waals surface area contributed by atoms with Crippen molar-refractivity contribution in [3.05, 3.63) is 112 Å². The van der Waals surface area contributed by atoms with Crippen LogP contribution >= 0.6 is 0 Å². The number of pyridine rings is 2. The zero-order valence-corrected chi connectivity index (χ0v) is 40.8. The van der Waals surface area contributed by atoms with E-state index in [9.17, 15) is 19.2 Å². The third-order valence-corrected chi connectivity index (χ3v) is 16.1. The number of imide groups is 1. The van der Waals surface area contributed by atoms with E-state index in [2.05, 4.69) is 111 Å². The Hall–Kier alpha value is -6.16. The van der Waals surface area contributed by atoms with Crippen molar-refractivity contribution in [2.24, 2.45) is 25.9 Å². The van der Waals surface area contributed by atoms with Crippen LogP contribution in [0.25, 0.3) is 33.2 Å². The van der Waals surface area contributed by atoms with Crippen LogP contribution < -0.4 is 16.7 Å². The molecule has 0 aliphatic carbocycles. The summed E-state index contributed by atoms with van der Waals surface area (Å²) >= 11 is 0. The summed E-state index contributed by atoms with van der Waals surface area (Å²) < 4.78 is 5.39. The third kappa shape index (κ3) is 9.24. The number of fused-ring (bicyclic) bond motifs is 2. The first kappa shape index (κ1) is 46.6. The molecule has 362 valence electrons. The molecule has 4 aliphatic rings. The van der Waals surface area contributed by atoms with Crippen LogP contribution in [0.3, 0.4) is 0 Å². The third-order valence-electron chi connectivity index (χ3n) is 16.1. The molecule has 4 saturated heterocycles. The van der Waals surface area contributed by atoms with Crippen molar-refractivity contribution in [2.45, 2.75) is 89.9 Å². The van der Waals surface area contributed by atoms with Gasteiger partial charge in [-0.05, 0) is 135 Å². The van der Waals surface area contributed by atoms with Crippen molar-refractivity contribution in [1.29, 1.82) is 0 Å². The quantitative estimate of drug-likeness (QED) is 0.138. The number of amides is 3. The number of nitrogens with zero attached hydrogens (tertiary/aromatic N) is 9. The van der Waals surface area contributed by atoms with Gasteiger partial charge in [-0.1, -0.05) is 32.0 Å². The number of piperidine rings is 3. The van der Waals surface area contributed by atoms with Gasteiger partial charge in [0.05, 0.1) is 11.0 Å². The number of rotatable bonds is 11. The minimum Gasteiger partial charge on any atom is -0.384 e. The lowest BCUT2D eigenvalue weighted by atomic mass is 9.88. The standard InChI is InChI=1S/C54H67N11O4/c1-34(2)48-33-61(31-37-6-12-44-47(28-37)60(5)54(69)65(44)45-13-15-50(66)58-52(45)67)26-27-64(48)32-36-17-22-63(23-18-36)53(68)40-9-7-38(8-10-40)39-19-24-62(25-20-39)35(3)46-29-43-42(16-21-56-51(43)59(46)4)41-11-14-49(55)57-30-41/h6-12,14,16,21,28-30,34-36,39,45,48H,13,15,17-20,22-27,31-33H2,1-5H3,(H2,55,57)(H,58,66,67)/t35-,45?,48+/m0/s1. The minimum atomic E-state index is -0.691. The van der Waals surface area contributed by atoms with Gasteiger partial charge >= 0.3 is 5.69 Å². The highest BCUT2D eigenvalue weighted by Gasteiger charge is 2.35. The molecule has 15 heteroatoms. The highest BCUT2D eigenvalue weighted by molar-refractivity contribution is 6.00. The van der Waals surface area contributed by atoms with Gasteiger partial charge in [0, 0.05) is 113 Å². The molecule has 0 bridgehead atoms. The zero-order valence-electron chi connectivity index (χ0n) is 40.8. The van der Waals surface area contributed by atoms with E-state index in [4.69, 9.17) is 10.7 Å². The fraction of sp³-hybridized carbons (Fsp3) is 0.481. The maximum atomic E-state index is 13.8. The van der Waals surface area contributed by atoms with Gasteiger partial charge in [0.1, 0.15) is 17.5 Å². The van der Waals surface area contributed by atoms with Crippen LogP contribution in [0.2, 0.25) is 0 Å². The molecule has 0 saturated carbocycles. The molecular formula is C54H67N11O4. The van der Waals surface area contributed by atoms with Crippen LogP contribution in [0.5, 0.6) is 0 Å². The topological polar surface area (TPSA) is 160 Å². The van der Waals surface area contributed by atoms with E-state index in [0.29, 0.717) is 41.6 Å². The molecule has 4 fully saturated rings. The summed E-state index contributed by atoms with van der Waals surface area (Å²) in [6, 6.07) is 22.8. The Bertz CT molecular complexity index is 2920. The Morgan fingerprint density at radius 1 is 0.812 bits per heavy atom. The largest absolute Gasteiger partial charge is 0.384 e. The Balaban J connectivity index is 0.697. The molecule has 0 radical (unpaired) electrons. The molecule has 3 N–H and O–H groups in total. The second-order valence-electron chi connectivity index (χ2n) is 20.6. The predicted octanol–water partition coefficient (Wildman–Crippen LogP) is 6.48. The molecule has 1 unspecified atom stereocenters. The van der Waals surface area contributed by atoms with Crippen molar-refractivity contribution in [1.82, 2.24) is 48.6 Å². The Kier molecular flexibility index (Phi) is 13.0. The van der Waals surface area contributed by atoms with Gasteiger partial charge < -0.3 is 15.2 Å². The maximum Gasteiger partial charge on any atom is 0.329 e. The lowest BCUT2D eigenvalue weighted by molar-refractivity contribution is -0.135. The van der Waals surface area contributed by atoms with Gasteiger partial charge in [-0.15, -0.1) is 0 Å². The van der Waals surface area contributed by atoms with Gasteiger partial charge in [-0.2, -0.15) is 0 Å². The predicted molar refractivity (Wildman–Crippen MR) is 269 cm³/mol. The number of nitrogen functional groups attached to an aromatic ring is 1. The van der Waals surface area contributed by atoms with Crippen LogP contribution in [-0.4, -0.2) is 119 Å². The first-order valence-corrected chi connectivity index (χ1v) is 25.1. The van der Waals surface area contributed by atoms with Gasteiger partial charge in [0.2, 0.25) is 11.8 Å². The molecule has 3 atom stereocenters. The van der Waals surface area contributed by atoms with Crippen LogP contribution in [-0.2, 0) is 30.2 Å². The van der Waals surface area contributed by atoms with E-state index < -0.39 is 11.9 Å². The van der Waals surface area contributed by atoms with Gasteiger partial charge in [0.15, 0.2) is 0 Å². The lowest BCUT2D eigenvalue weighted by Crippen LogP contribution is -2.56. The molecule has 0 spiro atoms. The Labute approximate surface area is 404 Å². The number of nitrogens with one attached hydrogen (secondary N) is 1. The van der Waals surface area contributed by atoms with Crippen molar-refractivity contribution < 1.29 is 14.4 Å². The number of hydrogen-bond acceptors (Lipinski definition) is 10. The number of carbonyl (C=O) groups excluding carboxylic acids is 3. The van der Waals surface area contributed by atoms with Crippen LogP contribution in [0, 0.1) is 11.8 Å². The number of aryl methyl sites for hydroxylation is 2. The van der Waals surface area contributed by atoms with E-state index in [1.54, 1.807) is 16.2 Å². The van der Waals surface area contributed by atoms with Gasteiger partial charge in [-0.25, -0.2) is 14.8 Å². The molecule has 69 heavy (non-hydrogen) atoms. The molecule has 6 aromatic rings. The monoisotopic (exact) mass is 934 g/mol. The van der Waals surface area contributed by atoms with E-state index in [1.165, 1.54) is 11.3 Å². The Morgan fingerprint density at radius 3 is 2.29 bits per heavy atom. The minimum absolute atomic E-state index is 0.142. The first-order chi connectivity index (χ1) is 33.3. The van der Waals surface area contributed by atoms with Gasteiger partial charge in [0.25, 0.3) is 5.91 Å².